The van der Waals surface area contributed by atoms with Crippen molar-refractivity contribution >= 4 is 34.8 Å². The van der Waals surface area contributed by atoms with Crippen LogP contribution in [0.5, 0.6) is 0 Å². The normalized spacial score (nSPS) is 10.8. The van der Waals surface area contributed by atoms with Crippen molar-refractivity contribution in [1.82, 2.24) is 9.71 Å². The first-order chi connectivity index (χ1) is 11.6. The molecule has 0 saturated heterocycles. The number of nitrogens with zero attached hydrogens (tertiary/aromatic N) is 2. The lowest BCUT2D eigenvalue weighted by Gasteiger charge is -2.10. The zero-order valence-electron chi connectivity index (χ0n) is 12.8. The van der Waals surface area contributed by atoms with E-state index in [1.165, 1.54) is 0 Å². The lowest BCUT2D eigenvalue weighted by atomic mass is 10.1. The molecule has 0 aliphatic rings. The van der Waals surface area contributed by atoms with Gasteiger partial charge in [0.2, 0.25) is 0 Å². The molecule has 3 nitrogen and oxygen atoms in total. The molecule has 2 aromatic carbocycles. The number of benzene rings is 2. The van der Waals surface area contributed by atoms with Gasteiger partial charge in [0.25, 0.3) is 0 Å². The van der Waals surface area contributed by atoms with Gasteiger partial charge in [-0.3, -0.25) is 0 Å². The van der Waals surface area contributed by atoms with Gasteiger partial charge in [-0.2, -0.15) is 4.73 Å². The van der Waals surface area contributed by atoms with Gasteiger partial charge in [0.1, 0.15) is 12.4 Å². The second-order valence-corrected chi connectivity index (χ2v) is 6.58. The molecule has 0 N–H and O–H groups in total. The predicted molar refractivity (Wildman–Crippen MR) is 97.8 cm³/mol. The third kappa shape index (κ3) is 4.44. The standard InChI is InChI=1S/C18H15Cl3N2O/c19-15-5-1-13(2-6-15)12-24-23-10-9-22-18(23)8-4-14-3-7-16(20)11-17(14)21/h1-3,5-7,9-11H,4,8,12H2. The molecule has 0 spiro atoms. The van der Waals surface area contributed by atoms with Crippen molar-refractivity contribution in [3.8, 4) is 0 Å². The lowest BCUT2D eigenvalue weighted by Crippen LogP contribution is -2.14. The van der Waals surface area contributed by atoms with Gasteiger partial charge >= 0.3 is 0 Å². The van der Waals surface area contributed by atoms with E-state index in [9.17, 15) is 0 Å². The summed E-state index contributed by atoms with van der Waals surface area (Å²) in [5.74, 6) is 0.843. The molecular formula is C18H15Cl3N2O. The minimum atomic E-state index is 0.447. The maximum Gasteiger partial charge on any atom is 0.145 e. The van der Waals surface area contributed by atoms with Gasteiger partial charge in [-0.25, -0.2) is 4.98 Å². The molecule has 0 radical (unpaired) electrons. The Morgan fingerprint density at radius 1 is 0.917 bits per heavy atom. The van der Waals surface area contributed by atoms with Gasteiger partial charge in [0, 0.05) is 27.7 Å². The zero-order valence-corrected chi connectivity index (χ0v) is 15.0. The average Bonchev–Trinajstić information content (AvgIpc) is 3.01. The molecule has 0 bridgehead atoms. The van der Waals surface area contributed by atoms with Crippen molar-refractivity contribution in [2.24, 2.45) is 0 Å². The highest BCUT2D eigenvalue weighted by molar-refractivity contribution is 6.35. The molecule has 0 amide bonds. The summed E-state index contributed by atoms with van der Waals surface area (Å²) in [6.07, 6.45) is 5.00. The van der Waals surface area contributed by atoms with Crippen molar-refractivity contribution in [2.45, 2.75) is 19.4 Å². The minimum Gasteiger partial charge on any atom is -0.408 e. The van der Waals surface area contributed by atoms with Crippen LogP contribution in [0.1, 0.15) is 17.0 Å². The van der Waals surface area contributed by atoms with Crippen LogP contribution < -0.4 is 4.84 Å². The van der Waals surface area contributed by atoms with Crippen LogP contribution in [0.25, 0.3) is 0 Å². The summed E-state index contributed by atoms with van der Waals surface area (Å²) in [7, 11) is 0. The van der Waals surface area contributed by atoms with Crippen LogP contribution >= 0.6 is 34.8 Å². The largest absolute Gasteiger partial charge is 0.408 e. The molecule has 24 heavy (non-hydrogen) atoms. The topological polar surface area (TPSA) is 27.1 Å². The van der Waals surface area contributed by atoms with E-state index in [-0.39, 0.29) is 0 Å². The quantitative estimate of drug-likeness (QED) is 0.582. The van der Waals surface area contributed by atoms with Gasteiger partial charge in [0.15, 0.2) is 0 Å². The number of rotatable bonds is 6. The highest BCUT2D eigenvalue weighted by atomic mass is 35.5. The highest BCUT2D eigenvalue weighted by Crippen LogP contribution is 2.22. The van der Waals surface area contributed by atoms with Gasteiger partial charge in [0.05, 0.1) is 6.20 Å². The van der Waals surface area contributed by atoms with Crippen LogP contribution in [-0.2, 0) is 19.4 Å². The average molecular weight is 382 g/mol. The van der Waals surface area contributed by atoms with Crippen molar-refractivity contribution in [3.63, 3.8) is 0 Å². The molecule has 1 aromatic heterocycles. The van der Waals surface area contributed by atoms with E-state index >= 15 is 0 Å². The fourth-order valence-corrected chi connectivity index (χ4v) is 2.94. The van der Waals surface area contributed by atoms with Crippen molar-refractivity contribution in [1.29, 1.82) is 0 Å². The lowest BCUT2D eigenvalue weighted by molar-refractivity contribution is 0.0903. The monoisotopic (exact) mass is 380 g/mol. The first kappa shape index (κ1) is 17.2. The van der Waals surface area contributed by atoms with Crippen LogP contribution in [0.4, 0.5) is 0 Å². The molecule has 3 aromatic rings. The predicted octanol–water partition coefficient (Wildman–Crippen LogP) is 5.26. The molecular weight excluding hydrogens is 367 g/mol. The second kappa shape index (κ2) is 7.93. The van der Waals surface area contributed by atoms with Crippen LogP contribution in [0.3, 0.4) is 0 Å². The third-order valence-corrected chi connectivity index (χ3v) is 4.44. The van der Waals surface area contributed by atoms with E-state index in [0.29, 0.717) is 21.7 Å². The molecule has 0 saturated carbocycles. The van der Waals surface area contributed by atoms with Gasteiger partial charge < -0.3 is 4.84 Å². The molecule has 0 unspecified atom stereocenters. The molecule has 124 valence electrons. The van der Waals surface area contributed by atoms with Gasteiger partial charge in [-0.05, 0) is 41.8 Å². The van der Waals surface area contributed by atoms with E-state index in [1.807, 2.05) is 36.4 Å². The van der Waals surface area contributed by atoms with Crippen LogP contribution in [0.15, 0.2) is 54.9 Å². The van der Waals surface area contributed by atoms with Gasteiger partial charge in [-0.1, -0.05) is 53.0 Å². The maximum atomic E-state index is 6.21. The third-order valence-electron chi connectivity index (χ3n) is 3.60. The van der Waals surface area contributed by atoms with E-state index in [4.69, 9.17) is 39.6 Å². The molecule has 6 heteroatoms. The van der Waals surface area contributed by atoms with Crippen molar-refractivity contribution < 1.29 is 4.84 Å². The minimum absolute atomic E-state index is 0.447. The van der Waals surface area contributed by atoms with E-state index in [0.717, 1.165) is 29.8 Å². The molecule has 1 heterocycles. The molecule has 3 rings (SSSR count). The Hall–Kier alpha value is -1.68. The number of hydrogen-bond acceptors (Lipinski definition) is 2. The van der Waals surface area contributed by atoms with Crippen LogP contribution in [0.2, 0.25) is 15.1 Å². The fraction of sp³-hybridized carbons (Fsp3) is 0.167. The summed E-state index contributed by atoms with van der Waals surface area (Å²) < 4.78 is 1.69. The fourth-order valence-electron chi connectivity index (χ4n) is 2.31. The molecule has 0 aliphatic carbocycles. The zero-order chi connectivity index (χ0) is 16.9. The van der Waals surface area contributed by atoms with E-state index < -0.39 is 0 Å². The highest BCUT2D eigenvalue weighted by Gasteiger charge is 2.07. The van der Waals surface area contributed by atoms with E-state index in [2.05, 4.69) is 4.98 Å². The maximum absolute atomic E-state index is 6.21. The number of halogens is 3. The second-order valence-electron chi connectivity index (χ2n) is 5.30. The number of aryl methyl sites for hydroxylation is 2. The van der Waals surface area contributed by atoms with Gasteiger partial charge in [-0.15, -0.1) is 0 Å². The van der Waals surface area contributed by atoms with Crippen molar-refractivity contribution in [2.75, 3.05) is 0 Å². The Labute approximate surface area is 155 Å². The Bertz CT molecular complexity index is 815. The number of imidazole rings is 1. The SMILES string of the molecule is Clc1ccc(COn2ccnc2CCc2ccc(Cl)cc2Cl)cc1. The number of hydrogen-bond donors (Lipinski definition) is 0. The Kier molecular flexibility index (Phi) is 5.67. The molecule has 0 fully saturated rings. The first-order valence-electron chi connectivity index (χ1n) is 7.46. The molecule has 0 aliphatic heterocycles. The van der Waals surface area contributed by atoms with E-state index in [1.54, 1.807) is 23.2 Å². The summed E-state index contributed by atoms with van der Waals surface area (Å²) in [5.41, 5.74) is 2.08. The number of aromatic nitrogens is 2. The Balaban J connectivity index is 1.61. The van der Waals surface area contributed by atoms with Crippen molar-refractivity contribution in [3.05, 3.63) is 86.9 Å². The summed E-state index contributed by atoms with van der Waals surface area (Å²) in [5, 5.41) is 2.01. The summed E-state index contributed by atoms with van der Waals surface area (Å²) in [6, 6.07) is 13.1. The Morgan fingerprint density at radius 3 is 2.42 bits per heavy atom. The summed E-state index contributed by atoms with van der Waals surface area (Å²) >= 11 is 18.0. The molecule has 0 atom stereocenters. The first-order valence-corrected chi connectivity index (χ1v) is 8.59. The Morgan fingerprint density at radius 2 is 1.67 bits per heavy atom. The van der Waals surface area contributed by atoms with Crippen LogP contribution in [-0.4, -0.2) is 9.71 Å². The smallest absolute Gasteiger partial charge is 0.145 e. The summed E-state index contributed by atoms with van der Waals surface area (Å²) in [6.45, 7) is 0.447. The van der Waals surface area contributed by atoms with Crippen LogP contribution in [0, 0.1) is 0 Å². The summed E-state index contributed by atoms with van der Waals surface area (Å²) in [4.78, 5) is 10.2.